The monoisotopic (exact) mass is 260 g/mol. The van der Waals surface area contributed by atoms with Gasteiger partial charge in [0.25, 0.3) is 0 Å². The third-order valence-electron chi connectivity index (χ3n) is 4.02. The predicted molar refractivity (Wildman–Crippen MR) is 83.5 cm³/mol. The molecule has 20 heavy (non-hydrogen) atoms. The molecule has 0 N–H and O–H groups in total. The summed E-state index contributed by atoms with van der Waals surface area (Å²) in [5.74, 6) is 1.08. The van der Waals surface area contributed by atoms with Crippen LogP contribution in [-0.2, 0) is 6.42 Å². The molecule has 2 heteroatoms. The molecule has 4 rings (SSSR count). The number of aromatic nitrogens is 1. The molecule has 0 saturated heterocycles. The summed E-state index contributed by atoms with van der Waals surface area (Å²) in [7, 11) is 0. The van der Waals surface area contributed by atoms with Crippen molar-refractivity contribution in [2.45, 2.75) is 12.8 Å². The average Bonchev–Trinajstić information content (AvgIpc) is 2.54. The quantitative estimate of drug-likeness (QED) is 0.647. The van der Waals surface area contributed by atoms with Crippen LogP contribution in [0.1, 0.15) is 12.0 Å². The summed E-state index contributed by atoms with van der Waals surface area (Å²) in [5, 5.41) is 2.48. The van der Waals surface area contributed by atoms with E-state index in [0.717, 1.165) is 18.8 Å². The Morgan fingerprint density at radius 3 is 2.75 bits per heavy atom. The first-order valence-corrected chi connectivity index (χ1v) is 7.13. The van der Waals surface area contributed by atoms with Crippen LogP contribution in [0.25, 0.3) is 10.8 Å². The van der Waals surface area contributed by atoms with Gasteiger partial charge >= 0.3 is 0 Å². The molecule has 0 amide bonds. The summed E-state index contributed by atoms with van der Waals surface area (Å²) in [6.07, 6.45) is 4.26. The molecule has 2 nitrogen and oxygen atoms in total. The summed E-state index contributed by atoms with van der Waals surface area (Å²) in [6, 6.07) is 19.2. The van der Waals surface area contributed by atoms with Crippen LogP contribution < -0.4 is 4.90 Å². The molecule has 0 unspecified atom stereocenters. The first kappa shape index (κ1) is 11.5. The maximum Gasteiger partial charge on any atom is 0.140 e. The molecule has 0 spiro atoms. The second-order valence-corrected chi connectivity index (χ2v) is 5.24. The lowest BCUT2D eigenvalue weighted by molar-refractivity contribution is 0.762. The molecule has 98 valence electrons. The molecule has 1 aromatic heterocycles. The van der Waals surface area contributed by atoms with Gasteiger partial charge in [0, 0.05) is 23.8 Å². The molecule has 3 aromatic rings. The number of nitrogens with zero attached hydrogens (tertiary/aromatic N) is 2. The number of pyridine rings is 1. The highest BCUT2D eigenvalue weighted by Crippen LogP contribution is 2.35. The molecule has 2 heterocycles. The normalized spacial score (nSPS) is 14.3. The lowest BCUT2D eigenvalue weighted by atomic mass is 10.0. The smallest absolute Gasteiger partial charge is 0.140 e. The van der Waals surface area contributed by atoms with Crippen molar-refractivity contribution in [1.82, 2.24) is 4.98 Å². The zero-order valence-electron chi connectivity index (χ0n) is 11.3. The largest absolute Gasteiger partial charge is 0.326 e. The molecule has 1 aliphatic rings. The Morgan fingerprint density at radius 1 is 0.900 bits per heavy atom. The van der Waals surface area contributed by atoms with E-state index < -0.39 is 0 Å². The minimum absolute atomic E-state index is 1.04. The third kappa shape index (κ3) is 1.76. The van der Waals surface area contributed by atoms with Crippen molar-refractivity contribution >= 4 is 22.3 Å². The second-order valence-electron chi connectivity index (χ2n) is 5.24. The number of rotatable bonds is 1. The van der Waals surface area contributed by atoms with Gasteiger partial charge in [0.05, 0.1) is 0 Å². The van der Waals surface area contributed by atoms with E-state index >= 15 is 0 Å². The molecule has 0 radical (unpaired) electrons. The standard InChI is InChI=1S/C18H16N2/c1-3-9-16-14(6-1)11-12-19-18(16)20-13-5-8-15-7-2-4-10-17(15)20/h1-4,6-7,9-12H,5,8,13H2. The SMILES string of the molecule is c1ccc2c(c1)CCCN2c1nccc2ccccc12. The van der Waals surface area contributed by atoms with E-state index in [2.05, 4.69) is 64.5 Å². The van der Waals surface area contributed by atoms with Crippen molar-refractivity contribution < 1.29 is 0 Å². The highest BCUT2D eigenvalue weighted by atomic mass is 15.2. The first-order valence-electron chi connectivity index (χ1n) is 7.13. The highest BCUT2D eigenvalue weighted by molar-refractivity contribution is 5.94. The number of para-hydroxylation sites is 1. The molecule has 0 fully saturated rings. The van der Waals surface area contributed by atoms with Gasteiger partial charge in [0.2, 0.25) is 0 Å². The summed E-state index contributed by atoms with van der Waals surface area (Å²) in [6.45, 7) is 1.04. The van der Waals surface area contributed by atoms with E-state index in [4.69, 9.17) is 0 Å². The van der Waals surface area contributed by atoms with E-state index in [0.29, 0.717) is 0 Å². The van der Waals surface area contributed by atoms with Gasteiger partial charge in [-0.2, -0.15) is 0 Å². The van der Waals surface area contributed by atoms with E-state index in [-0.39, 0.29) is 0 Å². The maximum atomic E-state index is 4.66. The summed E-state index contributed by atoms with van der Waals surface area (Å²) in [4.78, 5) is 7.02. The first-order chi connectivity index (χ1) is 9.93. The Labute approximate surface area is 118 Å². The molecule has 0 atom stereocenters. The number of anilines is 2. The van der Waals surface area contributed by atoms with Crippen molar-refractivity contribution in [3.05, 3.63) is 66.4 Å². The summed E-state index contributed by atoms with van der Waals surface area (Å²) in [5.41, 5.74) is 2.73. The number of hydrogen-bond acceptors (Lipinski definition) is 2. The van der Waals surface area contributed by atoms with Crippen LogP contribution in [0.4, 0.5) is 11.5 Å². The van der Waals surface area contributed by atoms with Crippen molar-refractivity contribution in [2.24, 2.45) is 0 Å². The molecular weight excluding hydrogens is 244 g/mol. The van der Waals surface area contributed by atoms with Gasteiger partial charge in [0.15, 0.2) is 0 Å². The Balaban J connectivity index is 1.93. The fraction of sp³-hybridized carbons (Fsp3) is 0.167. The van der Waals surface area contributed by atoms with Gasteiger partial charge in [-0.25, -0.2) is 4.98 Å². The number of aryl methyl sites for hydroxylation is 1. The van der Waals surface area contributed by atoms with Crippen molar-refractivity contribution in [3.8, 4) is 0 Å². The van der Waals surface area contributed by atoms with E-state index in [1.54, 1.807) is 0 Å². The molecule has 2 aromatic carbocycles. The number of hydrogen-bond donors (Lipinski definition) is 0. The molecule has 0 aliphatic carbocycles. The summed E-state index contributed by atoms with van der Waals surface area (Å²) >= 11 is 0. The van der Waals surface area contributed by atoms with Crippen molar-refractivity contribution in [1.29, 1.82) is 0 Å². The molecule has 0 bridgehead atoms. The van der Waals surface area contributed by atoms with E-state index in [1.807, 2.05) is 6.20 Å². The van der Waals surface area contributed by atoms with Gasteiger partial charge in [-0.1, -0.05) is 42.5 Å². The minimum atomic E-state index is 1.04. The van der Waals surface area contributed by atoms with Gasteiger partial charge in [-0.05, 0) is 35.9 Å². The lowest BCUT2D eigenvalue weighted by Crippen LogP contribution is -2.25. The molecule has 0 saturated carbocycles. The van der Waals surface area contributed by atoms with Crippen molar-refractivity contribution in [2.75, 3.05) is 11.4 Å². The van der Waals surface area contributed by atoms with Gasteiger partial charge in [-0.15, -0.1) is 0 Å². The Morgan fingerprint density at radius 2 is 1.75 bits per heavy atom. The van der Waals surface area contributed by atoms with Crippen LogP contribution in [0, 0.1) is 0 Å². The Hall–Kier alpha value is -2.35. The van der Waals surface area contributed by atoms with Crippen LogP contribution in [0.5, 0.6) is 0 Å². The number of benzene rings is 2. The molecular formula is C18H16N2. The third-order valence-corrected chi connectivity index (χ3v) is 4.02. The number of fused-ring (bicyclic) bond motifs is 2. The van der Waals surface area contributed by atoms with E-state index in [1.165, 1.54) is 28.4 Å². The topological polar surface area (TPSA) is 16.1 Å². The Bertz CT molecular complexity index is 759. The predicted octanol–water partition coefficient (Wildman–Crippen LogP) is 4.32. The maximum absolute atomic E-state index is 4.66. The zero-order valence-corrected chi connectivity index (χ0v) is 11.3. The fourth-order valence-electron chi connectivity index (χ4n) is 3.07. The minimum Gasteiger partial charge on any atom is -0.326 e. The lowest BCUT2D eigenvalue weighted by Gasteiger charge is -2.31. The van der Waals surface area contributed by atoms with Gasteiger partial charge in [0.1, 0.15) is 5.82 Å². The van der Waals surface area contributed by atoms with Gasteiger partial charge < -0.3 is 4.90 Å². The van der Waals surface area contributed by atoms with Crippen LogP contribution in [0.3, 0.4) is 0 Å². The average molecular weight is 260 g/mol. The highest BCUT2D eigenvalue weighted by Gasteiger charge is 2.19. The van der Waals surface area contributed by atoms with Crippen molar-refractivity contribution in [3.63, 3.8) is 0 Å². The fourth-order valence-corrected chi connectivity index (χ4v) is 3.07. The van der Waals surface area contributed by atoms with Crippen LogP contribution in [-0.4, -0.2) is 11.5 Å². The summed E-state index contributed by atoms with van der Waals surface area (Å²) < 4.78 is 0. The van der Waals surface area contributed by atoms with Crippen LogP contribution in [0.2, 0.25) is 0 Å². The zero-order chi connectivity index (χ0) is 13.4. The Kier molecular flexibility index (Phi) is 2.66. The van der Waals surface area contributed by atoms with Crippen LogP contribution >= 0.6 is 0 Å². The van der Waals surface area contributed by atoms with E-state index in [9.17, 15) is 0 Å². The molecule has 1 aliphatic heterocycles. The van der Waals surface area contributed by atoms with Gasteiger partial charge in [-0.3, -0.25) is 0 Å². The van der Waals surface area contributed by atoms with Crippen LogP contribution in [0.15, 0.2) is 60.8 Å². The second kappa shape index (κ2) is 4.64.